The van der Waals surface area contributed by atoms with E-state index in [1.807, 2.05) is 30.3 Å². The van der Waals surface area contributed by atoms with Crippen LogP contribution in [0.3, 0.4) is 0 Å². The van der Waals surface area contributed by atoms with E-state index in [1.54, 1.807) is 13.1 Å². The molecule has 1 aromatic carbocycles. The molecule has 0 saturated carbocycles. The number of nitrogens with zero attached hydrogens (tertiary/aromatic N) is 2. The lowest BCUT2D eigenvalue weighted by atomic mass is 10.2. The topological polar surface area (TPSA) is 55.1 Å². The van der Waals surface area contributed by atoms with Gasteiger partial charge in [0.25, 0.3) is 0 Å². The first-order chi connectivity index (χ1) is 8.63. The molecule has 5 heteroatoms. The lowest BCUT2D eigenvalue weighted by Crippen LogP contribution is -2.18. The van der Waals surface area contributed by atoms with E-state index < -0.39 is 12.0 Å². The highest BCUT2D eigenvalue weighted by Gasteiger charge is 2.20. The summed E-state index contributed by atoms with van der Waals surface area (Å²) in [5, 5.41) is 13.8. The predicted octanol–water partition coefficient (Wildman–Crippen LogP) is 3.24. The van der Waals surface area contributed by atoms with Crippen molar-refractivity contribution in [2.45, 2.75) is 19.4 Å². The van der Waals surface area contributed by atoms with Gasteiger partial charge in [0.2, 0.25) is 0 Å². The van der Waals surface area contributed by atoms with Crippen molar-refractivity contribution in [1.29, 1.82) is 0 Å². The molecule has 2 aromatic rings. The maximum absolute atomic E-state index is 11.1. The molecule has 0 amide bonds. The van der Waals surface area contributed by atoms with Gasteiger partial charge in [-0.3, -0.25) is 4.68 Å². The number of rotatable bonds is 4. The van der Waals surface area contributed by atoms with Crippen LogP contribution in [0, 0.1) is 0 Å². The van der Waals surface area contributed by atoms with E-state index >= 15 is 0 Å². The second kappa shape index (κ2) is 5.23. The zero-order valence-electron chi connectivity index (χ0n) is 9.88. The van der Waals surface area contributed by atoms with E-state index in [0.29, 0.717) is 17.1 Å². The number of carboxylic acids is 1. The first-order valence-corrected chi connectivity index (χ1v) is 6.04. The molecular weight excluding hydrogens is 252 g/mol. The average molecular weight is 265 g/mol. The minimum atomic E-state index is -0.906. The molecule has 94 valence electrons. The number of hydrogen-bond acceptors (Lipinski definition) is 2. The summed E-state index contributed by atoms with van der Waals surface area (Å²) in [5.41, 5.74) is 1.48. The van der Waals surface area contributed by atoms with Gasteiger partial charge in [0.1, 0.15) is 11.7 Å². The molecule has 1 heterocycles. The quantitative estimate of drug-likeness (QED) is 0.922. The van der Waals surface area contributed by atoms with Crippen LogP contribution in [-0.4, -0.2) is 20.9 Å². The molecule has 0 saturated heterocycles. The molecule has 0 bridgehead atoms. The minimum Gasteiger partial charge on any atom is -0.480 e. The number of hydrogen-bond donors (Lipinski definition) is 1. The predicted molar refractivity (Wildman–Crippen MR) is 69.6 cm³/mol. The highest BCUT2D eigenvalue weighted by atomic mass is 35.5. The summed E-state index contributed by atoms with van der Waals surface area (Å²) in [7, 11) is 0. The molecule has 0 aliphatic rings. The molecule has 0 spiro atoms. The normalized spacial score (nSPS) is 12.3. The van der Waals surface area contributed by atoms with Gasteiger partial charge in [0.15, 0.2) is 0 Å². The third kappa shape index (κ3) is 2.38. The summed E-state index contributed by atoms with van der Waals surface area (Å²) in [6, 6.07) is 8.78. The Labute approximate surface area is 110 Å². The summed E-state index contributed by atoms with van der Waals surface area (Å²) in [4.78, 5) is 11.1. The number of aliphatic carboxylic acids is 1. The van der Waals surface area contributed by atoms with E-state index in [1.165, 1.54) is 4.68 Å². The van der Waals surface area contributed by atoms with Gasteiger partial charge in [-0.1, -0.05) is 48.9 Å². The maximum atomic E-state index is 11.1. The monoisotopic (exact) mass is 264 g/mol. The van der Waals surface area contributed by atoms with Gasteiger partial charge in [-0.05, 0) is 6.42 Å². The standard InChI is InChI=1S/C13H13ClN2O2/c1-2-11(13(17)18)16-8-10(14)12(15-16)9-6-4-3-5-7-9/h3-8,11H,2H2,1H3,(H,17,18). The third-order valence-corrected chi connectivity index (χ3v) is 3.00. The van der Waals surface area contributed by atoms with Gasteiger partial charge in [0.05, 0.1) is 5.02 Å². The molecule has 0 aliphatic carbocycles. The molecule has 1 aromatic heterocycles. The van der Waals surface area contributed by atoms with Crippen LogP contribution in [-0.2, 0) is 4.79 Å². The van der Waals surface area contributed by atoms with Gasteiger partial charge in [-0.15, -0.1) is 0 Å². The zero-order chi connectivity index (χ0) is 13.1. The van der Waals surface area contributed by atoms with Crippen molar-refractivity contribution < 1.29 is 9.90 Å². The Balaban J connectivity index is 2.41. The molecule has 1 unspecified atom stereocenters. The summed E-state index contributed by atoms with van der Waals surface area (Å²) >= 11 is 6.11. The average Bonchev–Trinajstić information content (AvgIpc) is 2.73. The van der Waals surface area contributed by atoms with Gasteiger partial charge in [0, 0.05) is 11.8 Å². The Kier molecular flexibility index (Phi) is 3.67. The van der Waals surface area contributed by atoms with Crippen LogP contribution >= 0.6 is 11.6 Å². The molecule has 18 heavy (non-hydrogen) atoms. The number of benzene rings is 1. The highest BCUT2D eigenvalue weighted by Crippen LogP contribution is 2.27. The number of aromatic nitrogens is 2. The van der Waals surface area contributed by atoms with Crippen molar-refractivity contribution in [3.05, 3.63) is 41.6 Å². The molecular formula is C13H13ClN2O2. The van der Waals surface area contributed by atoms with Crippen molar-refractivity contribution >= 4 is 17.6 Å². The molecule has 2 rings (SSSR count). The largest absolute Gasteiger partial charge is 0.480 e. The lowest BCUT2D eigenvalue weighted by molar-refractivity contribution is -0.141. The Morgan fingerprint density at radius 3 is 2.67 bits per heavy atom. The smallest absolute Gasteiger partial charge is 0.328 e. The van der Waals surface area contributed by atoms with Gasteiger partial charge < -0.3 is 5.11 Å². The van der Waals surface area contributed by atoms with Crippen LogP contribution in [0.5, 0.6) is 0 Å². The van der Waals surface area contributed by atoms with E-state index in [9.17, 15) is 4.79 Å². The molecule has 0 fully saturated rings. The summed E-state index contributed by atoms with van der Waals surface area (Å²) < 4.78 is 1.41. The summed E-state index contributed by atoms with van der Waals surface area (Å²) in [6.45, 7) is 1.80. The van der Waals surface area contributed by atoms with Crippen molar-refractivity contribution in [2.75, 3.05) is 0 Å². The van der Waals surface area contributed by atoms with Crippen LogP contribution in [0.25, 0.3) is 11.3 Å². The highest BCUT2D eigenvalue weighted by molar-refractivity contribution is 6.33. The van der Waals surface area contributed by atoms with Crippen LogP contribution in [0.1, 0.15) is 19.4 Å². The van der Waals surface area contributed by atoms with Crippen molar-refractivity contribution in [2.24, 2.45) is 0 Å². The fraction of sp³-hybridized carbons (Fsp3) is 0.231. The molecule has 0 radical (unpaired) electrons. The van der Waals surface area contributed by atoms with E-state index in [0.717, 1.165) is 5.56 Å². The second-order valence-electron chi connectivity index (χ2n) is 3.93. The summed E-state index contributed by atoms with van der Waals surface area (Å²) in [6.07, 6.45) is 2.02. The van der Waals surface area contributed by atoms with E-state index in [-0.39, 0.29) is 0 Å². The van der Waals surface area contributed by atoms with Gasteiger partial charge in [-0.2, -0.15) is 5.10 Å². The van der Waals surface area contributed by atoms with Crippen molar-refractivity contribution in [3.63, 3.8) is 0 Å². The second-order valence-corrected chi connectivity index (χ2v) is 4.34. The minimum absolute atomic E-state index is 0.459. The van der Waals surface area contributed by atoms with Crippen LogP contribution in [0.15, 0.2) is 36.5 Å². The molecule has 1 atom stereocenters. The van der Waals surface area contributed by atoms with Crippen LogP contribution in [0.2, 0.25) is 5.02 Å². The molecule has 1 N–H and O–H groups in total. The van der Waals surface area contributed by atoms with Crippen LogP contribution in [0.4, 0.5) is 0 Å². The number of carbonyl (C=O) groups is 1. The third-order valence-electron chi connectivity index (χ3n) is 2.73. The Morgan fingerprint density at radius 1 is 1.44 bits per heavy atom. The molecule has 0 aliphatic heterocycles. The van der Waals surface area contributed by atoms with E-state index in [2.05, 4.69) is 5.10 Å². The van der Waals surface area contributed by atoms with E-state index in [4.69, 9.17) is 16.7 Å². The Hall–Kier alpha value is -1.81. The van der Waals surface area contributed by atoms with Crippen LogP contribution < -0.4 is 0 Å². The van der Waals surface area contributed by atoms with Gasteiger partial charge in [-0.25, -0.2) is 4.79 Å². The number of halogens is 1. The fourth-order valence-corrected chi connectivity index (χ4v) is 2.04. The maximum Gasteiger partial charge on any atom is 0.328 e. The van der Waals surface area contributed by atoms with Crippen molar-refractivity contribution in [3.8, 4) is 11.3 Å². The fourth-order valence-electron chi connectivity index (χ4n) is 1.80. The molecule has 4 nitrogen and oxygen atoms in total. The first-order valence-electron chi connectivity index (χ1n) is 5.66. The van der Waals surface area contributed by atoms with Crippen molar-refractivity contribution in [1.82, 2.24) is 9.78 Å². The lowest BCUT2D eigenvalue weighted by Gasteiger charge is -2.09. The number of carboxylic acid groups (broad SMARTS) is 1. The Morgan fingerprint density at radius 2 is 2.11 bits per heavy atom. The summed E-state index contributed by atoms with van der Waals surface area (Å²) in [5.74, 6) is -0.906. The van der Waals surface area contributed by atoms with Gasteiger partial charge >= 0.3 is 5.97 Å². The zero-order valence-corrected chi connectivity index (χ0v) is 10.6. The Bertz CT molecular complexity index is 551. The first kappa shape index (κ1) is 12.6. The SMILES string of the molecule is CCC(C(=O)O)n1cc(Cl)c(-c2ccccc2)n1.